The Balaban J connectivity index is 1.81. The fourth-order valence-corrected chi connectivity index (χ4v) is 3.80. The van der Waals surface area contributed by atoms with Crippen LogP contribution < -0.4 is 5.56 Å². The molecule has 0 unspecified atom stereocenters. The van der Waals surface area contributed by atoms with Gasteiger partial charge < -0.3 is 0 Å². The summed E-state index contributed by atoms with van der Waals surface area (Å²) in [5.41, 5.74) is 4.67. The molecule has 0 bridgehead atoms. The number of aryl methyl sites for hydroxylation is 1. The van der Waals surface area contributed by atoms with E-state index in [2.05, 4.69) is 10.2 Å². The minimum absolute atomic E-state index is 0.240. The zero-order chi connectivity index (χ0) is 20.0. The van der Waals surface area contributed by atoms with Gasteiger partial charge in [0, 0.05) is 6.20 Å². The van der Waals surface area contributed by atoms with Crippen molar-refractivity contribution >= 4 is 28.3 Å². The Bertz CT molecular complexity index is 1420. The zero-order valence-electron chi connectivity index (χ0n) is 15.6. The van der Waals surface area contributed by atoms with E-state index in [1.54, 1.807) is 22.8 Å². The molecule has 0 fully saturated rings. The third-order valence-corrected chi connectivity index (χ3v) is 5.28. The van der Waals surface area contributed by atoms with Crippen LogP contribution in [0.4, 0.5) is 0 Å². The van der Waals surface area contributed by atoms with Gasteiger partial charge in [0.15, 0.2) is 11.2 Å². The first-order valence-electron chi connectivity index (χ1n) is 9.29. The number of pyridine rings is 1. The molecule has 0 radical (unpaired) electrons. The standard InChI is InChI=1S/C22H16ClN5O/c1-2-16-19(14-8-4-3-5-9-14)21-25-24-20-18(28(21)26-16)12-13-27(22(20)29)17-11-7-6-10-15(17)23/h3-13H,2H2,1H3. The molecule has 0 N–H and O–H groups in total. The third kappa shape index (κ3) is 2.72. The number of halogens is 1. The van der Waals surface area contributed by atoms with Crippen molar-refractivity contribution in [3.63, 3.8) is 0 Å². The van der Waals surface area contributed by atoms with Crippen molar-refractivity contribution in [3.8, 4) is 16.8 Å². The maximum absolute atomic E-state index is 13.1. The largest absolute Gasteiger partial charge is 0.285 e. The monoisotopic (exact) mass is 401 g/mol. The first-order valence-corrected chi connectivity index (χ1v) is 9.67. The smallest absolute Gasteiger partial charge is 0.281 e. The van der Waals surface area contributed by atoms with Crippen LogP contribution in [0.3, 0.4) is 0 Å². The highest BCUT2D eigenvalue weighted by atomic mass is 35.5. The Morgan fingerprint density at radius 3 is 2.48 bits per heavy atom. The lowest BCUT2D eigenvalue weighted by Gasteiger charge is -2.09. The summed E-state index contributed by atoms with van der Waals surface area (Å²) in [5.74, 6) is 0. The van der Waals surface area contributed by atoms with E-state index in [-0.39, 0.29) is 11.1 Å². The van der Waals surface area contributed by atoms with Crippen molar-refractivity contribution in [2.45, 2.75) is 13.3 Å². The molecule has 3 heterocycles. The van der Waals surface area contributed by atoms with Crippen LogP contribution in [0.25, 0.3) is 33.5 Å². The van der Waals surface area contributed by atoms with Gasteiger partial charge in [-0.05, 0) is 30.2 Å². The fraction of sp³-hybridized carbons (Fsp3) is 0.0909. The molecule has 5 rings (SSSR count). The van der Waals surface area contributed by atoms with Gasteiger partial charge >= 0.3 is 0 Å². The Morgan fingerprint density at radius 2 is 1.72 bits per heavy atom. The SMILES string of the molecule is CCc1nn2c(nnc3c(=O)n(-c4ccccc4Cl)ccc32)c1-c1ccccc1. The average Bonchev–Trinajstić information content (AvgIpc) is 3.14. The molecule has 7 heteroatoms. The average molecular weight is 402 g/mol. The minimum Gasteiger partial charge on any atom is -0.281 e. The van der Waals surface area contributed by atoms with E-state index in [1.165, 1.54) is 4.57 Å². The molecular formula is C22H16ClN5O. The predicted octanol–water partition coefficient (Wildman–Crippen LogP) is 4.31. The fourth-order valence-electron chi connectivity index (χ4n) is 3.58. The molecule has 0 aliphatic carbocycles. The number of para-hydroxylation sites is 1. The second kappa shape index (κ2) is 6.83. The van der Waals surface area contributed by atoms with Gasteiger partial charge in [0.25, 0.3) is 5.56 Å². The molecule has 3 aromatic heterocycles. The first kappa shape index (κ1) is 17.6. The van der Waals surface area contributed by atoms with E-state index >= 15 is 0 Å². The van der Waals surface area contributed by atoms with Crippen molar-refractivity contribution in [3.05, 3.63) is 87.9 Å². The normalized spacial score (nSPS) is 11.4. The van der Waals surface area contributed by atoms with E-state index in [0.29, 0.717) is 21.9 Å². The van der Waals surface area contributed by atoms with Crippen LogP contribution in [-0.4, -0.2) is 24.4 Å². The molecule has 142 valence electrons. The highest BCUT2D eigenvalue weighted by Gasteiger charge is 2.19. The van der Waals surface area contributed by atoms with Gasteiger partial charge in [0.2, 0.25) is 0 Å². The van der Waals surface area contributed by atoms with Gasteiger partial charge in [-0.15, -0.1) is 10.2 Å². The summed E-state index contributed by atoms with van der Waals surface area (Å²) in [6.45, 7) is 2.05. The summed E-state index contributed by atoms with van der Waals surface area (Å²) in [6, 6.07) is 19.0. The topological polar surface area (TPSA) is 65.1 Å². The Kier molecular flexibility index (Phi) is 4.14. The Hall–Kier alpha value is -3.51. The molecule has 0 aliphatic rings. The van der Waals surface area contributed by atoms with Crippen LogP contribution in [-0.2, 0) is 6.42 Å². The van der Waals surface area contributed by atoms with Crippen molar-refractivity contribution in [2.75, 3.05) is 0 Å². The minimum atomic E-state index is -0.292. The number of hydrogen-bond donors (Lipinski definition) is 0. The van der Waals surface area contributed by atoms with Crippen molar-refractivity contribution in [1.29, 1.82) is 0 Å². The molecule has 2 aromatic carbocycles. The number of aromatic nitrogens is 5. The lowest BCUT2D eigenvalue weighted by molar-refractivity contribution is 0.886. The molecule has 0 aliphatic heterocycles. The van der Waals surface area contributed by atoms with E-state index < -0.39 is 0 Å². The number of benzene rings is 2. The number of fused-ring (bicyclic) bond motifs is 3. The molecule has 5 aromatic rings. The van der Waals surface area contributed by atoms with Crippen LogP contribution in [0.2, 0.25) is 5.02 Å². The number of rotatable bonds is 3. The summed E-state index contributed by atoms with van der Waals surface area (Å²) in [4.78, 5) is 13.1. The maximum Gasteiger partial charge on any atom is 0.285 e. The van der Waals surface area contributed by atoms with E-state index in [4.69, 9.17) is 16.7 Å². The molecule has 0 saturated carbocycles. The summed E-state index contributed by atoms with van der Waals surface area (Å²) in [7, 11) is 0. The lowest BCUT2D eigenvalue weighted by Crippen LogP contribution is -2.20. The van der Waals surface area contributed by atoms with Gasteiger partial charge in [-0.3, -0.25) is 9.36 Å². The third-order valence-electron chi connectivity index (χ3n) is 4.96. The van der Waals surface area contributed by atoms with Gasteiger partial charge in [-0.25, -0.2) is 4.52 Å². The Labute approximate surface area is 171 Å². The second-order valence-corrected chi connectivity index (χ2v) is 7.06. The molecule has 29 heavy (non-hydrogen) atoms. The van der Waals surface area contributed by atoms with Crippen LogP contribution in [0.15, 0.2) is 71.7 Å². The molecular weight excluding hydrogens is 386 g/mol. The van der Waals surface area contributed by atoms with Gasteiger partial charge in [0.05, 0.1) is 22.0 Å². The number of hydrogen-bond acceptors (Lipinski definition) is 4. The lowest BCUT2D eigenvalue weighted by atomic mass is 10.0. The van der Waals surface area contributed by atoms with E-state index in [9.17, 15) is 4.79 Å². The quantitative estimate of drug-likeness (QED) is 0.452. The van der Waals surface area contributed by atoms with Gasteiger partial charge in [0.1, 0.15) is 5.52 Å². The summed E-state index contributed by atoms with van der Waals surface area (Å²) in [5, 5.41) is 13.9. The maximum atomic E-state index is 13.1. The summed E-state index contributed by atoms with van der Waals surface area (Å²) >= 11 is 6.27. The highest BCUT2D eigenvalue weighted by molar-refractivity contribution is 6.32. The first-order chi connectivity index (χ1) is 14.2. The summed E-state index contributed by atoms with van der Waals surface area (Å²) in [6.07, 6.45) is 2.44. The molecule has 0 amide bonds. The number of nitrogens with zero attached hydrogens (tertiary/aromatic N) is 5. The van der Waals surface area contributed by atoms with Crippen LogP contribution in [0.1, 0.15) is 12.6 Å². The van der Waals surface area contributed by atoms with Crippen LogP contribution in [0, 0.1) is 0 Å². The predicted molar refractivity (Wildman–Crippen MR) is 114 cm³/mol. The van der Waals surface area contributed by atoms with E-state index in [0.717, 1.165) is 23.2 Å². The van der Waals surface area contributed by atoms with E-state index in [1.807, 2.05) is 55.5 Å². The van der Waals surface area contributed by atoms with Crippen molar-refractivity contribution < 1.29 is 0 Å². The van der Waals surface area contributed by atoms with Crippen LogP contribution in [0.5, 0.6) is 0 Å². The second-order valence-electron chi connectivity index (χ2n) is 6.65. The molecule has 0 atom stereocenters. The van der Waals surface area contributed by atoms with Gasteiger partial charge in [-0.1, -0.05) is 61.0 Å². The molecule has 6 nitrogen and oxygen atoms in total. The highest BCUT2D eigenvalue weighted by Crippen LogP contribution is 2.29. The molecule has 0 saturated heterocycles. The van der Waals surface area contributed by atoms with Crippen molar-refractivity contribution in [2.24, 2.45) is 0 Å². The molecule has 0 spiro atoms. The zero-order valence-corrected chi connectivity index (χ0v) is 16.3. The van der Waals surface area contributed by atoms with Gasteiger partial charge in [-0.2, -0.15) is 5.10 Å². The Morgan fingerprint density at radius 1 is 0.966 bits per heavy atom. The van der Waals surface area contributed by atoms with Crippen LogP contribution >= 0.6 is 11.6 Å². The van der Waals surface area contributed by atoms with Crippen molar-refractivity contribution in [1.82, 2.24) is 24.4 Å². The summed E-state index contributed by atoms with van der Waals surface area (Å²) < 4.78 is 3.19.